The largest absolute Gasteiger partial charge is 0.472 e. The van der Waals surface area contributed by atoms with E-state index in [0.717, 1.165) is 18.4 Å². The summed E-state index contributed by atoms with van der Waals surface area (Å²) < 4.78 is 15.8. The predicted molar refractivity (Wildman–Crippen MR) is 107 cm³/mol. The Labute approximate surface area is 176 Å². The van der Waals surface area contributed by atoms with E-state index in [1.54, 1.807) is 6.07 Å². The molecule has 7 nitrogen and oxygen atoms in total. The van der Waals surface area contributed by atoms with Crippen molar-refractivity contribution < 1.29 is 33.4 Å². The molecular formula is C23H30O7. The van der Waals surface area contributed by atoms with Crippen LogP contribution < -0.4 is 0 Å². The maximum atomic E-state index is 12.8. The normalized spacial score (nSPS) is 33.5. The van der Waals surface area contributed by atoms with Crippen molar-refractivity contribution in [3.63, 3.8) is 0 Å². The zero-order chi connectivity index (χ0) is 22.1. The number of ketones is 1. The number of fused-ring (bicyclic) bond motifs is 1. The summed E-state index contributed by atoms with van der Waals surface area (Å²) in [6.07, 6.45) is 3.35. The minimum absolute atomic E-state index is 0.00255. The smallest absolute Gasteiger partial charge is 0.303 e. The molecule has 0 bridgehead atoms. The summed E-state index contributed by atoms with van der Waals surface area (Å²) in [7, 11) is 0. The van der Waals surface area contributed by atoms with Gasteiger partial charge in [-0.25, -0.2) is 0 Å². The first-order valence-corrected chi connectivity index (χ1v) is 10.3. The Bertz CT molecular complexity index is 812. The standard InChI is InChI=1S/C23H30O7/c1-13-5-6-18-17(12-29-14(2)24)22(30-15(3)25)21(27)10-23(18,4)19(13)9-20(26)16-7-8-28-11-16/h7-8,11,17-19,21-22,27H,1,5-6,9-10,12H2,2-4H3. The molecule has 30 heavy (non-hydrogen) atoms. The average molecular weight is 418 g/mol. The highest BCUT2D eigenvalue weighted by molar-refractivity contribution is 5.96. The highest BCUT2D eigenvalue weighted by Gasteiger charge is 2.57. The Balaban J connectivity index is 1.91. The fraction of sp³-hybridized carbons (Fsp3) is 0.609. The first kappa shape index (κ1) is 22.3. The second-order valence-corrected chi connectivity index (χ2v) is 8.81. The van der Waals surface area contributed by atoms with Crippen LogP contribution in [-0.4, -0.2) is 41.6 Å². The molecule has 0 radical (unpaired) electrons. The quantitative estimate of drug-likeness (QED) is 0.429. The number of furan rings is 1. The van der Waals surface area contributed by atoms with Crippen LogP contribution in [0.25, 0.3) is 0 Å². The lowest BCUT2D eigenvalue weighted by molar-refractivity contribution is -0.190. The molecule has 6 unspecified atom stereocenters. The van der Waals surface area contributed by atoms with Gasteiger partial charge in [0.1, 0.15) is 12.4 Å². The van der Waals surface area contributed by atoms with Gasteiger partial charge in [0.2, 0.25) is 0 Å². The van der Waals surface area contributed by atoms with Crippen LogP contribution in [0.3, 0.4) is 0 Å². The SMILES string of the molecule is C=C1CCC2C(COC(C)=O)C(OC(C)=O)C(O)CC2(C)C1CC(=O)c1ccoc1. The molecule has 0 saturated heterocycles. The molecule has 2 saturated carbocycles. The van der Waals surface area contributed by atoms with Crippen molar-refractivity contribution >= 4 is 17.7 Å². The third kappa shape index (κ3) is 4.36. The molecule has 7 heteroatoms. The second kappa shape index (κ2) is 8.76. The minimum atomic E-state index is -0.923. The summed E-state index contributed by atoms with van der Waals surface area (Å²) in [5.74, 6) is -1.45. The van der Waals surface area contributed by atoms with E-state index in [2.05, 4.69) is 13.5 Å². The van der Waals surface area contributed by atoms with Crippen LogP contribution in [0.4, 0.5) is 0 Å². The number of allylic oxidation sites excluding steroid dienone is 1. The Kier molecular flexibility index (Phi) is 6.50. The molecule has 3 rings (SSSR count). The third-order valence-electron chi connectivity index (χ3n) is 6.89. The molecule has 0 amide bonds. The molecule has 2 aliphatic rings. The van der Waals surface area contributed by atoms with Gasteiger partial charge in [-0.15, -0.1) is 0 Å². The molecule has 0 aromatic carbocycles. The molecule has 1 heterocycles. The lowest BCUT2D eigenvalue weighted by Crippen LogP contribution is -2.58. The van der Waals surface area contributed by atoms with Gasteiger partial charge in [-0.1, -0.05) is 19.1 Å². The second-order valence-electron chi connectivity index (χ2n) is 8.81. The highest BCUT2D eigenvalue weighted by Crippen LogP contribution is 2.58. The Morgan fingerprint density at radius 1 is 1.30 bits per heavy atom. The van der Waals surface area contributed by atoms with Gasteiger partial charge in [-0.05, 0) is 42.6 Å². The van der Waals surface area contributed by atoms with E-state index in [-0.39, 0.29) is 36.6 Å². The van der Waals surface area contributed by atoms with E-state index in [4.69, 9.17) is 13.9 Å². The fourth-order valence-corrected chi connectivity index (χ4v) is 5.53. The number of ether oxygens (including phenoxy) is 2. The van der Waals surface area contributed by atoms with E-state index in [9.17, 15) is 19.5 Å². The lowest BCUT2D eigenvalue weighted by atomic mass is 9.49. The maximum Gasteiger partial charge on any atom is 0.303 e. The van der Waals surface area contributed by atoms with Crippen molar-refractivity contribution in [2.45, 2.75) is 58.7 Å². The van der Waals surface area contributed by atoms with Crippen LogP contribution in [0.15, 0.2) is 35.2 Å². The number of Topliss-reactive ketones (excluding diaryl/α,β-unsaturated/α-hetero) is 1. The van der Waals surface area contributed by atoms with Crippen LogP contribution in [0.1, 0.15) is 56.8 Å². The molecule has 0 aliphatic heterocycles. The molecule has 1 aromatic rings. The van der Waals surface area contributed by atoms with Crippen molar-refractivity contribution in [1.29, 1.82) is 0 Å². The van der Waals surface area contributed by atoms with Crippen LogP contribution in [-0.2, 0) is 19.1 Å². The van der Waals surface area contributed by atoms with Gasteiger partial charge >= 0.3 is 11.9 Å². The van der Waals surface area contributed by atoms with Gasteiger partial charge in [-0.3, -0.25) is 14.4 Å². The van der Waals surface area contributed by atoms with Crippen LogP contribution in [0, 0.1) is 23.2 Å². The highest BCUT2D eigenvalue weighted by atomic mass is 16.6. The summed E-state index contributed by atoms with van der Waals surface area (Å²) in [5, 5.41) is 10.9. The zero-order valence-corrected chi connectivity index (χ0v) is 17.8. The number of carbonyl (C=O) groups excluding carboxylic acids is 3. The topological polar surface area (TPSA) is 103 Å². The average Bonchev–Trinajstić information content (AvgIpc) is 3.19. The molecule has 2 aliphatic carbocycles. The number of aliphatic hydroxyl groups excluding tert-OH is 1. The summed E-state index contributed by atoms with van der Waals surface area (Å²) in [4.78, 5) is 36.0. The number of hydrogen-bond acceptors (Lipinski definition) is 7. The van der Waals surface area contributed by atoms with Crippen molar-refractivity contribution in [2.75, 3.05) is 6.61 Å². The van der Waals surface area contributed by atoms with Gasteiger partial charge < -0.3 is 19.0 Å². The van der Waals surface area contributed by atoms with Crippen LogP contribution in [0.5, 0.6) is 0 Å². The van der Waals surface area contributed by atoms with Gasteiger partial charge in [-0.2, -0.15) is 0 Å². The number of aliphatic hydroxyl groups is 1. The number of hydrogen-bond donors (Lipinski definition) is 1. The summed E-state index contributed by atoms with van der Waals surface area (Å²) >= 11 is 0. The van der Waals surface area contributed by atoms with Crippen LogP contribution in [0.2, 0.25) is 0 Å². The number of esters is 2. The summed E-state index contributed by atoms with van der Waals surface area (Å²) in [5.41, 5.74) is 1.05. The van der Waals surface area contributed by atoms with Crippen molar-refractivity contribution in [1.82, 2.24) is 0 Å². The minimum Gasteiger partial charge on any atom is -0.472 e. The molecule has 1 N–H and O–H groups in total. The van der Waals surface area contributed by atoms with E-state index in [0.29, 0.717) is 12.0 Å². The van der Waals surface area contributed by atoms with E-state index < -0.39 is 29.6 Å². The van der Waals surface area contributed by atoms with E-state index >= 15 is 0 Å². The van der Waals surface area contributed by atoms with Crippen molar-refractivity contribution in [2.24, 2.45) is 23.2 Å². The van der Waals surface area contributed by atoms with E-state index in [1.165, 1.54) is 26.4 Å². The summed E-state index contributed by atoms with van der Waals surface area (Å²) in [6, 6.07) is 1.64. The van der Waals surface area contributed by atoms with E-state index in [1.807, 2.05) is 0 Å². The van der Waals surface area contributed by atoms with Gasteiger partial charge in [0.25, 0.3) is 0 Å². The molecule has 6 atom stereocenters. The van der Waals surface area contributed by atoms with Crippen molar-refractivity contribution in [3.8, 4) is 0 Å². The van der Waals surface area contributed by atoms with Gasteiger partial charge in [0, 0.05) is 26.2 Å². The molecule has 164 valence electrons. The monoisotopic (exact) mass is 418 g/mol. The first-order valence-electron chi connectivity index (χ1n) is 10.3. The Morgan fingerprint density at radius 3 is 2.63 bits per heavy atom. The first-order chi connectivity index (χ1) is 14.1. The maximum absolute atomic E-state index is 12.8. The van der Waals surface area contributed by atoms with Gasteiger partial charge in [0.15, 0.2) is 5.78 Å². The van der Waals surface area contributed by atoms with Crippen molar-refractivity contribution in [3.05, 3.63) is 36.3 Å². The van der Waals surface area contributed by atoms with Gasteiger partial charge in [0.05, 0.1) is 24.5 Å². The summed E-state index contributed by atoms with van der Waals surface area (Å²) in [6.45, 7) is 8.98. The predicted octanol–water partition coefficient (Wildman–Crippen LogP) is 3.32. The molecule has 1 aromatic heterocycles. The molecule has 0 spiro atoms. The zero-order valence-electron chi connectivity index (χ0n) is 17.8. The Morgan fingerprint density at radius 2 is 2.03 bits per heavy atom. The molecular weight excluding hydrogens is 388 g/mol. The fourth-order valence-electron chi connectivity index (χ4n) is 5.53. The molecule has 2 fully saturated rings. The number of rotatable bonds is 6. The van der Waals surface area contributed by atoms with Crippen LogP contribution >= 0.6 is 0 Å². The lowest BCUT2D eigenvalue weighted by Gasteiger charge is -2.57. The third-order valence-corrected chi connectivity index (χ3v) is 6.89. The number of carbonyl (C=O) groups is 3. The Hall–Kier alpha value is -2.41.